The molecule has 0 saturated carbocycles. The quantitative estimate of drug-likeness (QED) is 0.528. The first kappa shape index (κ1) is 11.4. The van der Waals surface area contributed by atoms with Crippen LogP contribution in [0.1, 0.15) is 40.5 Å². The van der Waals surface area contributed by atoms with Crippen molar-refractivity contribution in [2.75, 3.05) is 0 Å². The van der Waals surface area contributed by atoms with Crippen molar-refractivity contribution in [3.05, 3.63) is 11.6 Å². The molecule has 0 aromatic heterocycles. The third-order valence-corrected chi connectivity index (χ3v) is 1.51. The zero-order valence-electron chi connectivity index (χ0n) is 8.28. The van der Waals surface area contributed by atoms with Crippen LogP contribution in [0.4, 0.5) is 4.39 Å². The van der Waals surface area contributed by atoms with E-state index in [1.54, 1.807) is 0 Å². The maximum atomic E-state index is 13.2. The fourth-order valence-electron chi connectivity index (χ4n) is 0.981. The lowest BCUT2D eigenvalue weighted by Gasteiger charge is -2.21. The molecule has 0 fully saturated rings. The van der Waals surface area contributed by atoms with Gasteiger partial charge in [0, 0.05) is 11.8 Å². The van der Waals surface area contributed by atoms with Gasteiger partial charge in [0.2, 0.25) is 0 Å². The zero-order chi connectivity index (χ0) is 9.78. The Morgan fingerprint density at radius 3 is 2.17 bits per heavy atom. The molecular weight excluding hydrogens is 157 g/mol. The Labute approximate surface area is 73.5 Å². The van der Waals surface area contributed by atoms with Crippen LogP contribution < -0.4 is 5.90 Å². The topological polar surface area (TPSA) is 35.2 Å². The molecule has 12 heavy (non-hydrogen) atoms. The van der Waals surface area contributed by atoms with Gasteiger partial charge in [-0.05, 0) is 6.42 Å². The summed E-state index contributed by atoms with van der Waals surface area (Å²) in [5, 5.41) is 0. The molecule has 0 atom stereocenters. The van der Waals surface area contributed by atoms with Crippen molar-refractivity contribution in [2.45, 2.75) is 40.5 Å². The van der Waals surface area contributed by atoms with Gasteiger partial charge in [0.1, 0.15) is 5.83 Å². The lowest BCUT2D eigenvalue weighted by Crippen LogP contribution is -2.17. The normalized spacial score (nSPS) is 14.2. The van der Waals surface area contributed by atoms with Gasteiger partial charge in [-0.1, -0.05) is 27.7 Å². The van der Waals surface area contributed by atoms with Gasteiger partial charge in [-0.3, -0.25) is 0 Å². The number of allylic oxidation sites excluding steroid dienone is 2. The van der Waals surface area contributed by atoms with Crippen LogP contribution in [0.25, 0.3) is 0 Å². The van der Waals surface area contributed by atoms with Gasteiger partial charge in [0.25, 0.3) is 0 Å². The largest absolute Gasteiger partial charge is 0.413 e. The summed E-state index contributed by atoms with van der Waals surface area (Å²) in [5.41, 5.74) is -0.353. The first-order valence-electron chi connectivity index (χ1n) is 4.19. The van der Waals surface area contributed by atoms with E-state index in [1.807, 2.05) is 27.7 Å². The van der Waals surface area contributed by atoms with Crippen LogP contribution >= 0.6 is 0 Å². The van der Waals surface area contributed by atoms with Crippen molar-refractivity contribution in [1.82, 2.24) is 0 Å². The lowest BCUT2D eigenvalue weighted by atomic mass is 9.92. The molecule has 3 heteroatoms. The number of rotatable bonds is 3. The Kier molecular flexibility index (Phi) is 4.24. The minimum Gasteiger partial charge on any atom is -0.413 e. The van der Waals surface area contributed by atoms with Crippen molar-refractivity contribution in [3.63, 3.8) is 0 Å². The number of hydrogen-bond donors (Lipinski definition) is 1. The second kappa shape index (κ2) is 4.45. The van der Waals surface area contributed by atoms with Crippen molar-refractivity contribution in [3.8, 4) is 0 Å². The predicted octanol–water partition coefficient (Wildman–Crippen LogP) is 2.90. The molecule has 0 amide bonds. The number of halogens is 1. The van der Waals surface area contributed by atoms with Crippen molar-refractivity contribution >= 4 is 0 Å². The maximum Gasteiger partial charge on any atom is 0.160 e. The summed E-state index contributed by atoms with van der Waals surface area (Å²) in [6, 6.07) is 0. The molecule has 0 rings (SSSR count). The zero-order valence-corrected chi connectivity index (χ0v) is 8.28. The molecule has 2 nitrogen and oxygen atoms in total. The Hall–Kier alpha value is -0.570. The third kappa shape index (κ3) is 3.22. The van der Waals surface area contributed by atoms with Crippen LogP contribution in [-0.2, 0) is 4.84 Å². The SMILES string of the molecule is CCC/C(F)=C(\ON)C(C)(C)C. The van der Waals surface area contributed by atoms with E-state index in [1.165, 1.54) is 0 Å². The predicted molar refractivity (Wildman–Crippen MR) is 47.8 cm³/mol. The van der Waals surface area contributed by atoms with Gasteiger partial charge in [0.15, 0.2) is 5.76 Å². The average molecular weight is 175 g/mol. The fourth-order valence-corrected chi connectivity index (χ4v) is 0.981. The van der Waals surface area contributed by atoms with Crippen molar-refractivity contribution in [2.24, 2.45) is 11.3 Å². The molecule has 0 aliphatic rings. The summed E-state index contributed by atoms with van der Waals surface area (Å²) in [7, 11) is 0. The standard InChI is InChI=1S/C9H18FNO/c1-5-6-7(10)8(12-11)9(2,3)4/h5-6,11H2,1-4H3/b8-7+. The van der Waals surface area contributed by atoms with Crippen LogP contribution in [-0.4, -0.2) is 0 Å². The maximum absolute atomic E-state index is 13.2. The van der Waals surface area contributed by atoms with Gasteiger partial charge in [0.05, 0.1) is 0 Å². The van der Waals surface area contributed by atoms with E-state index in [2.05, 4.69) is 4.84 Å². The molecule has 0 bridgehead atoms. The van der Waals surface area contributed by atoms with Crippen LogP contribution in [0, 0.1) is 5.41 Å². The van der Waals surface area contributed by atoms with Gasteiger partial charge >= 0.3 is 0 Å². The highest BCUT2D eigenvalue weighted by Gasteiger charge is 2.23. The first-order valence-corrected chi connectivity index (χ1v) is 4.19. The van der Waals surface area contributed by atoms with E-state index < -0.39 is 0 Å². The minimum atomic E-state index is -0.353. The summed E-state index contributed by atoms with van der Waals surface area (Å²) < 4.78 is 13.2. The summed E-state index contributed by atoms with van der Waals surface area (Å²) in [6.07, 6.45) is 1.15. The van der Waals surface area contributed by atoms with Crippen molar-refractivity contribution in [1.29, 1.82) is 0 Å². The number of nitrogens with two attached hydrogens (primary N) is 1. The van der Waals surface area contributed by atoms with Gasteiger partial charge in [-0.2, -0.15) is 5.90 Å². The molecule has 0 aromatic rings. The van der Waals surface area contributed by atoms with E-state index in [0.29, 0.717) is 6.42 Å². The molecule has 0 aliphatic carbocycles. The highest BCUT2D eigenvalue weighted by Crippen LogP contribution is 2.30. The Balaban J connectivity index is 4.61. The van der Waals surface area contributed by atoms with E-state index in [0.717, 1.165) is 6.42 Å². The molecule has 72 valence electrons. The molecular formula is C9H18FNO. The Morgan fingerprint density at radius 2 is 1.92 bits per heavy atom. The third-order valence-electron chi connectivity index (χ3n) is 1.51. The van der Waals surface area contributed by atoms with Gasteiger partial charge < -0.3 is 4.84 Å². The summed E-state index contributed by atoms with van der Waals surface area (Å²) in [4.78, 5) is 4.53. The second-order valence-corrected chi connectivity index (χ2v) is 3.85. The van der Waals surface area contributed by atoms with E-state index in [4.69, 9.17) is 5.90 Å². The van der Waals surface area contributed by atoms with Gasteiger partial charge in [-0.25, -0.2) is 4.39 Å². The number of hydrogen-bond acceptors (Lipinski definition) is 2. The molecule has 2 N–H and O–H groups in total. The van der Waals surface area contributed by atoms with Gasteiger partial charge in [-0.15, -0.1) is 0 Å². The lowest BCUT2D eigenvalue weighted by molar-refractivity contribution is 0.142. The highest BCUT2D eigenvalue weighted by molar-refractivity contribution is 5.08. The molecule has 0 saturated heterocycles. The summed E-state index contributed by atoms with van der Waals surface area (Å²) >= 11 is 0. The second-order valence-electron chi connectivity index (χ2n) is 3.85. The summed E-state index contributed by atoms with van der Waals surface area (Å²) in [5.74, 6) is 5.00. The Morgan fingerprint density at radius 1 is 1.42 bits per heavy atom. The van der Waals surface area contributed by atoms with Crippen molar-refractivity contribution < 1.29 is 9.23 Å². The highest BCUT2D eigenvalue weighted by atomic mass is 19.1. The first-order chi connectivity index (χ1) is 5.43. The molecule has 0 aromatic carbocycles. The van der Waals surface area contributed by atoms with E-state index in [9.17, 15) is 4.39 Å². The molecule has 0 unspecified atom stereocenters. The van der Waals surface area contributed by atoms with E-state index >= 15 is 0 Å². The smallest absolute Gasteiger partial charge is 0.160 e. The Bertz CT molecular complexity index is 170. The minimum absolute atomic E-state index is 0.243. The molecule has 0 aliphatic heterocycles. The van der Waals surface area contributed by atoms with E-state index in [-0.39, 0.29) is 17.0 Å². The van der Waals surface area contributed by atoms with Crippen LogP contribution in [0.5, 0.6) is 0 Å². The molecule has 0 spiro atoms. The van der Waals surface area contributed by atoms with Crippen LogP contribution in [0.3, 0.4) is 0 Å². The molecule has 0 radical (unpaired) electrons. The molecule has 0 heterocycles. The average Bonchev–Trinajstić information content (AvgIpc) is 1.85. The fraction of sp³-hybridized carbons (Fsp3) is 0.778. The van der Waals surface area contributed by atoms with Crippen LogP contribution in [0.15, 0.2) is 11.6 Å². The monoisotopic (exact) mass is 175 g/mol. The van der Waals surface area contributed by atoms with Crippen LogP contribution in [0.2, 0.25) is 0 Å². The summed E-state index contributed by atoms with van der Waals surface area (Å²) in [6.45, 7) is 7.51.